The zero-order valence-corrected chi connectivity index (χ0v) is 20.3. The summed E-state index contributed by atoms with van der Waals surface area (Å²) in [6, 6.07) is 16.4. The van der Waals surface area contributed by atoms with Gasteiger partial charge in [0.1, 0.15) is 11.3 Å². The van der Waals surface area contributed by atoms with E-state index < -0.39 is 17.4 Å². The number of ether oxygens (including phenoxy) is 2. The van der Waals surface area contributed by atoms with Gasteiger partial charge in [-0.3, -0.25) is 9.59 Å². The van der Waals surface area contributed by atoms with E-state index in [1.54, 1.807) is 54.6 Å². The van der Waals surface area contributed by atoms with Crippen LogP contribution in [0.1, 0.15) is 6.92 Å². The molecule has 1 atom stereocenters. The van der Waals surface area contributed by atoms with E-state index in [0.29, 0.717) is 37.7 Å². The van der Waals surface area contributed by atoms with E-state index in [9.17, 15) is 9.59 Å². The Bertz CT molecular complexity index is 1450. The molecule has 4 rings (SSSR count). The lowest BCUT2D eigenvalue weighted by Gasteiger charge is -2.17. The first kappa shape index (κ1) is 24.0. The third kappa shape index (κ3) is 4.85. The molecule has 174 valence electrons. The number of fused-ring (bicyclic) bond motifs is 1. The van der Waals surface area contributed by atoms with Crippen LogP contribution in [-0.2, 0) is 4.79 Å². The van der Waals surface area contributed by atoms with Crippen LogP contribution in [0.25, 0.3) is 22.3 Å². The minimum atomic E-state index is -1.07. The lowest BCUT2D eigenvalue weighted by Crippen LogP contribution is -2.31. The summed E-state index contributed by atoms with van der Waals surface area (Å²) in [5.41, 5.74) is 0.713. The topological polar surface area (TPSA) is 77.8 Å². The van der Waals surface area contributed by atoms with Crippen molar-refractivity contribution in [2.24, 2.45) is 0 Å². The number of methoxy groups -OCH3 is 1. The number of anilines is 1. The van der Waals surface area contributed by atoms with Crippen LogP contribution in [0.3, 0.4) is 0 Å². The first-order valence-electron chi connectivity index (χ1n) is 10.1. The molecule has 0 spiro atoms. The maximum Gasteiger partial charge on any atom is 0.265 e. The Morgan fingerprint density at radius 2 is 1.76 bits per heavy atom. The standard InChI is InChI=1S/C25H18Cl3NO5/c1-13(25(31)29-15-8-10-21(32-2)19(28)12-15)33-24-22(30)17-11-14(26)7-9-20(17)34-23(24)16-5-3-4-6-18(16)27/h3-13H,1-2H3,(H,29,31). The van der Waals surface area contributed by atoms with Crippen LogP contribution in [0.5, 0.6) is 11.5 Å². The first-order chi connectivity index (χ1) is 16.3. The summed E-state index contributed by atoms with van der Waals surface area (Å²) < 4.78 is 17.0. The molecular formula is C25H18Cl3NO5. The fraction of sp³-hybridized carbons (Fsp3) is 0.120. The molecule has 4 aromatic rings. The number of hydrogen-bond acceptors (Lipinski definition) is 5. The highest BCUT2D eigenvalue weighted by Crippen LogP contribution is 2.36. The number of nitrogens with one attached hydrogen (secondary N) is 1. The van der Waals surface area contributed by atoms with E-state index in [4.69, 9.17) is 48.7 Å². The fourth-order valence-electron chi connectivity index (χ4n) is 3.30. The summed E-state index contributed by atoms with van der Waals surface area (Å²) >= 11 is 18.6. The Kier molecular flexibility index (Phi) is 7.03. The van der Waals surface area contributed by atoms with Gasteiger partial charge >= 0.3 is 0 Å². The van der Waals surface area contributed by atoms with Crippen molar-refractivity contribution in [1.29, 1.82) is 0 Å². The number of hydrogen-bond donors (Lipinski definition) is 1. The van der Waals surface area contributed by atoms with E-state index in [1.807, 2.05) is 0 Å². The second-order valence-electron chi connectivity index (χ2n) is 7.31. The molecule has 1 N–H and O–H groups in total. The molecule has 9 heteroatoms. The van der Waals surface area contributed by atoms with Crippen LogP contribution in [0.15, 0.2) is 69.9 Å². The van der Waals surface area contributed by atoms with Gasteiger partial charge in [-0.05, 0) is 55.5 Å². The van der Waals surface area contributed by atoms with Crippen LogP contribution in [0, 0.1) is 0 Å². The third-order valence-corrected chi connectivity index (χ3v) is 5.87. The van der Waals surface area contributed by atoms with Crippen LogP contribution >= 0.6 is 34.8 Å². The average Bonchev–Trinajstić information content (AvgIpc) is 2.81. The normalized spacial score (nSPS) is 11.8. The van der Waals surface area contributed by atoms with Crippen molar-refractivity contribution in [3.8, 4) is 22.8 Å². The molecule has 0 saturated heterocycles. The third-order valence-electron chi connectivity index (χ3n) is 5.01. The molecule has 0 saturated carbocycles. The zero-order valence-electron chi connectivity index (χ0n) is 18.0. The van der Waals surface area contributed by atoms with Crippen LogP contribution < -0.4 is 20.2 Å². The smallest absolute Gasteiger partial charge is 0.265 e. The highest BCUT2D eigenvalue weighted by atomic mass is 35.5. The van der Waals surface area contributed by atoms with E-state index >= 15 is 0 Å². The second-order valence-corrected chi connectivity index (χ2v) is 8.56. The molecule has 0 aliphatic heterocycles. The van der Waals surface area contributed by atoms with Gasteiger partial charge in [-0.15, -0.1) is 0 Å². The van der Waals surface area contributed by atoms with Crippen molar-refractivity contribution >= 4 is 57.4 Å². The minimum Gasteiger partial charge on any atom is -0.495 e. The Labute approximate surface area is 210 Å². The molecule has 0 radical (unpaired) electrons. The summed E-state index contributed by atoms with van der Waals surface area (Å²) in [7, 11) is 1.49. The van der Waals surface area contributed by atoms with Gasteiger partial charge in [-0.25, -0.2) is 0 Å². The van der Waals surface area contributed by atoms with Crippen molar-refractivity contribution in [3.05, 3.63) is 86.0 Å². The maximum absolute atomic E-state index is 13.4. The van der Waals surface area contributed by atoms with Gasteiger partial charge in [0.2, 0.25) is 11.2 Å². The lowest BCUT2D eigenvalue weighted by molar-refractivity contribution is -0.122. The molecule has 1 aromatic heterocycles. The van der Waals surface area contributed by atoms with E-state index in [2.05, 4.69) is 5.32 Å². The predicted octanol–water partition coefficient (Wildman–Crippen LogP) is 6.83. The van der Waals surface area contributed by atoms with Crippen molar-refractivity contribution in [3.63, 3.8) is 0 Å². The Balaban J connectivity index is 1.72. The van der Waals surface area contributed by atoms with Crippen molar-refractivity contribution in [2.75, 3.05) is 12.4 Å². The van der Waals surface area contributed by atoms with Crippen molar-refractivity contribution < 1.29 is 18.7 Å². The largest absolute Gasteiger partial charge is 0.495 e. The number of rotatable bonds is 6. The van der Waals surface area contributed by atoms with Gasteiger partial charge in [0.05, 0.1) is 22.5 Å². The number of halogens is 3. The minimum absolute atomic E-state index is 0.109. The molecule has 34 heavy (non-hydrogen) atoms. The van der Waals surface area contributed by atoms with E-state index in [0.717, 1.165) is 0 Å². The molecule has 0 fully saturated rings. The molecule has 0 aliphatic rings. The Morgan fingerprint density at radius 1 is 1.00 bits per heavy atom. The van der Waals surface area contributed by atoms with Gasteiger partial charge < -0.3 is 19.2 Å². The lowest BCUT2D eigenvalue weighted by atomic mass is 10.1. The molecule has 3 aromatic carbocycles. The van der Waals surface area contributed by atoms with E-state index in [1.165, 1.54) is 20.1 Å². The number of benzene rings is 3. The van der Waals surface area contributed by atoms with Gasteiger partial charge in [-0.1, -0.05) is 46.9 Å². The molecule has 1 unspecified atom stereocenters. The average molecular weight is 519 g/mol. The van der Waals surface area contributed by atoms with Crippen LogP contribution in [-0.4, -0.2) is 19.1 Å². The molecule has 0 aliphatic carbocycles. The second kappa shape index (κ2) is 9.97. The highest BCUT2D eigenvalue weighted by molar-refractivity contribution is 6.33. The van der Waals surface area contributed by atoms with Crippen molar-refractivity contribution in [1.82, 2.24) is 0 Å². The van der Waals surface area contributed by atoms with Gasteiger partial charge in [0.15, 0.2) is 11.9 Å². The SMILES string of the molecule is COc1ccc(NC(=O)C(C)Oc2c(-c3ccccc3Cl)oc3ccc(Cl)cc3c2=O)cc1Cl. The van der Waals surface area contributed by atoms with Gasteiger partial charge in [-0.2, -0.15) is 0 Å². The number of carbonyl (C=O) groups excluding carboxylic acids is 1. The van der Waals surface area contributed by atoms with Crippen molar-refractivity contribution in [2.45, 2.75) is 13.0 Å². The molecule has 1 amide bonds. The first-order valence-corrected chi connectivity index (χ1v) is 11.2. The number of amides is 1. The Hall–Kier alpha value is -3.19. The summed E-state index contributed by atoms with van der Waals surface area (Å²) in [6.07, 6.45) is -1.07. The van der Waals surface area contributed by atoms with Gasteiger partial charge in [0, 0.05) is 16.3 Å². The summed E-state index contributed by atoms with van der Waals surface area (Å²) in [4.78, 5) is 26.2. The maximum atomic E-state index is 13.4. The van der Waals surface area contributed by atoms with Gasteiger partial charge in [0.25, 0.3) is 5.91 Å². The van der Waals surface area contributed by atoms with Crippen LogP contribution in [0.2, 0.25) is 15.1 Å². The fourth-order valence-corrected chi connectivity index (χ4v) is 3.95. The summed E-state index contributed by atoms with van der Waals surface area (Å²) in [5.74, 6) is -0.0754. The summed E-state index contributed by atoms with van der Waals surface area (Å²) in [6.45, 7) is 1.51. The van der Waals surface area contributed by atoms with Crippen LogP contribution in [0.4, 0.5) is 5.69 Å². The quantitative estimate of drug-likeness (QED) is 0.302. The monoisotopic (exact) mass is 517 g/mol. The molecular weight excluding hydrogens is 501 g/mol. The molecule has 1 heterocycles. The summed E-state index contributed by atoms with van der Waals surface area (Å²) in [5, 5.41) is 3.97. The van der Waals surface area contributed by atoms with E-state index in [-0.39, 0.29) is 16.9 Å². The predicted molar refractivity (Wildman–Crippen MR) is 135 cm³/mol. The molecule has 0 bridgehead atoms. The number of carbonyl (C=O) groups is 1. The molecule has 6 nitrogen and oxygen atoms in total. The zero-order chi connectivity index (χ0) is 24.4. The highest BCUT2D eigenvalue weighted by Gasteiger charge is 2.24. The Morgan fingerprint density at radius 3 is 2.47 bits per heavy atom.